The Morgan fingerprint density at radius 2 is 2.28 bits per heavy atom. The van der Waals surface area contributed by atoms with Crippen LogP contribution in [0.1, 0.15) is 13.3 Å². The molecule has 1 amide bonds. The molecule has 1 aromatic carbocycles. The van der Waals surface area contributed by atoms with Crippen molar-refractivity contribution in [3.05, 3.63) is 30.1 Å². The summed E-state index contributed by atoms with van der Waals surface area (Å²) < 4.78 is 13.7. The summed E-state index contributed by atoms with van der Waals surface area (Å²) in [6, 6.07) is 7.63. The van der Waals surface area contributed by atoms with E-state index in [2.05, 4.69) is 5.32 Å². The molecule has 0 aliphatic carbocycles. The van der Waals surface area contributed by atoms with Crippen molar-refractivity contribution in [2.45, 2.75) is 25.4 Å². The van der Waals surface area contributed by atoms with Crippen molar-refractivity contribution in [2.75, 3.05) is 11.4 Å². The summed E-state index contributed by atoms with van der Waals surface area (Å²) in [6.45, 7) is 2.31. The third-order valence-electron chi connectivity index (χ3n) is 2.94. The molecule has 1 heterocycles. The number of halogens is 1. The minimum absolute atomic E-state index is 0.0284. The Bertz CT molecular complexity index is 497. The van der Waals surface area contributed by atoms with Crippen LogP contribution < -0.4 is 10.2 Å². The molecule has 1 aromatic rings. The van der Waals surface area contributed by atoms with E-state index in [9.17, 15) is 9.18 Å². The fourth-order valence-electron chi connectivity index (χ4n) is 2.14. The predicted molar refractivity (Wildman–Crippen MR) is 65.4 cm³/mol. The monoisotopic (exact) mass is 247 g/mol. The number of para-hydroxylation sites is 1. The quantitative estimate of drug-likeness (QED) is 0.860. The number of hydrogen-bond acceptors (Lipinski definition) is 3. The molecule has 0 aromatic heterocycles. The standard InChI is InChI=1S/C13H14FN3O/c1-9-8-17(12-5-3-2-4-10(12)14)13(18)11(16-9)6-7-15/h2-5,9,11,16H,6,8H2,1H3. The minimum Gasteiger partial charge on any atom is -0.307 e. The van der Waals surface area contributed by atoms with Crippen LogP contribution >= 0.6 is 0 Å². The van der Waals surface area contributed by atoms with Crippen LogP contribution in [0.2, 0.25) is 0 Å². The van der Waals surface area contributed by atoms with Crippen molar-refractivity contribution in [1.82, 2.24) is 5.32 Å². The van der Waals surface area contributed by atoms with Crippen LogP contribution in [0.15, 0.2) is 24.3 Å². The minimum atomic E-state index is -0.557. The Balaban J connectivity index is 2.30. The van der Waals surface area contributed by atoms with Crippen molar-refractivity contribution >= 4 is 11.6 Å². The average molecular weight is 247 g/mol. The first-order valence-corrected chi connectivity index (χ1v) is 5.82. The largest absolute Gasteiger partial charge is 0.307 e. The highest BCUT2D eigenvalue weighted by atomic mass is 19.1. The van der Waals surface area contributed by atoms with Gasteiger partial charge in [-0.1, -0.05) is 12.1 Å². The van der Waals surface area contributed by atoms with Crippen LogP contribution in [0, 0.1) is 17.1 Å². The van der Waals surface area contributed by atoms with Crippen LogP contribution in [0.25, 0.3) is 0 Å². The van der Waals surface area contributed by atoms with Crippen molar-refractivity contribution in [1.29, 1.82) is 5.26 Å². The molecular weight excluding hydrogens is 233 g/mol. The predicted octanol–water partition coefficient (Wildman–Crippen LogP) is 1.43. The number of amides is 1. The average Bonchev–Trinajstić information content (AvgIpc) is 2.34. The van der Waals surface area contributed by atoms with E-state index in [1.54, 1.807) is 18.2 Å². The number of nitrogens with zero attached hydrogens (tertiary/aromatic N) is 2. The number of anilines is 1. The second-order valence-electron chi connectivity index (χ2n) is 4.38. The molecule has 2 atom stereocenters. The fraction of sp³-hybridized carbons (Fsp3) is 0.385. The number of carbonyl (C=O) groups is 1. The summed E-state index contributed by atoms with van der Waals surface area (Å²) in [6.07, 6.45) is 0.0914. The van der Waals surface area contributed by atoms with Crippen LogP contribution in [0.4, 0.5) is 10.1 Å². The van der Waals surface area contributed by atoms with Gasteiger partial charge in [-0.05, 0) is 19.1 Å². The molecule has 1 aliphatic rings. The zero-order valence-corrected chi connectivity index (χ0v) is 10.1. The molecule has 2 unspecified atom stereocenters. The normalized spacial score (nSPS) is 23.8. The molecular formula is C13H14FN3O. The van der Waals surface area contributed by atoms with Gasteiger partial charge in [0.05, 0.1) is 18.2 Å². The number of piperazine rings is 1. The zero-order chi connectivity index (χ0) is 13.1. The van der Waals surface area contributed by atoms with Crippen LogP contribution in [-0.2, 0) is 4.79 Å². The molecule has 94 valence electrons. The first-order chi connectivity index (χ1) is 8.63. The van der Waals surface area contributed by atoms with Crippen molar-refractivity contribution in [3.63, 3.8) is 0 Å². The van der Waals surface area contributed by atoms with Gasteiger partial charge in [0, 0.05) is 12.6 Å². The molecule has 0 radical (unpaired) electrons. The third kappa shape index (κ3) is 2.34. The van der Waals surface area contributed by atoms with Gasteiger partial charge in [-0.3, -0.25) is 4.79 Å². The number of nitrogens with one attached hydrogen (secondary N) is 1. The molecule has 1 fully saturated rings. The van der Waals surface area contributed by atoms with E-state index in [1.165, 1.54) is 11.0 Å². The molecule has 0 spiro atoms. The van der Waals surface area contributed by atoms with Gasteiger partial charge in [0.2, 0.25) is 5.91 Å². The summed E-state index contributed by atoms with van der Waals surface area (Å²) in [5, 5.41) is 11.7. The lowest BCUT2D eigenvalue weighted by Gasteiger charge is -2.36. The Morgan fingerprint density at radius 3 is 2.94 bits per heavy atom. The van der Waals surface area contributed by atoms with Crippen molar-refractivity contribution < 1.29 is 9.18 Å². The van der Waals surface area contributed by atoms with Crippen molar-refractivity contribution in [2.24, 2.45) is 0 Å². The van der Waals surface area contributed by atoms with Gasteiger partial charge in [0.15, 0.2) is 0 Å². The molecule has 5 heteroatoms. The second kappa shape index (κ2) is 5.15. The lowest BCUT2D eigenvalue weighted by molar-refractivity contribution is -0.122. The Kier molecular flexibility index (Phi) is 3.58. The van der Waals surface area contributed by atoms with E-state index >= 15 is 0 Å². The highest BCUT2D eigenvalue weighted by Crippen LogP contribution is 2.22. The number of nitriles is 1. The Morgan fingerprint density at radius 1 is 1.56 bits per heavy atom. The highest BCUT2D eigenvalue weighted by molar-refractivity contribution is 5.98. The molecule has 0 saturated carbocycles. The van der Waals surface area contributed by atoms with Crippen LogP contribution in [0.3, 0.4) is 0 Å². The number of hydrogen-bond donors (Lipinski definition) is 1. The van der Waals surface area contributed by atoms with Gasteiger partial charge in [0.1, 0.15) is 11.9 Å². The fourth-order valence-corrected chi connectivity index (χ4v) is 2.14. The smallest absolute Gasteiger partial charge is 0.245 e. The Hall–Kier alpha value is -1.93. The van der Waals surface area contributed by atoms with Gasteiger partial charge < -0.3 is 10.2 Å². The highest BCUT2D eigenvalue weighted by Gasteiger charge is 2.33. The molecule has 1 saturated heterocycles. The van der Waals surface area contributed by atoms with Gasteiger partial charge in [-0.2, -0.15) is 5.26 Å². The van der Waals surface area contributed by atoms with Gasteiger partial charge in [0.25, 0.3) is 0 Å². The molecule has 0 bridgehead atoms. The summed E-state index contributed by atoms with van der Waals surface area (Å²) in [4.78, 5) is 13.6. The van der Waals surface area contributed by atoms with E-state index in [1.807, 2.05) is 13.0 Å². The number of rotatable bonds is 2. The topological polar surface area (TPSA) is 56.1 Å². The zero-order valence-electron chi connectivity index (χ0n) is 10.1. The second-order valence-corrected chi connectivity index (χ2v) is 4.38. The molecule has 1 aliphatic heterocycles. The number of carbonyl (C=O) groups excluding carboxylic acids is 1. The lowest BCUT2D eigenvalue weighted by atomic mass is 10.1. The van der Waals surface area contributed by atoms with Gasteiger partial charge >= 0.3 is 0 Å². The van der Waals surface area contributed by atoms with Crippen LogP contribution in [-0.4, -0.2) is 24.5 Å². The van der Waals surface area contributed by atoms with E-state index < -0.39 is 11.9 Å². The van der Waals surface area contributed by atoms with Gasteiger partial charge in [-0.15, -0.1) is 0 Å². The Labute approximate surface area is 105 Å². The molecule has 18 heavy (non-hydrogen) atoms. The number of benzene rings is 1. The maximum Gasteiger partial charge on any atom is 0.245 e. The summed E-state index contributed by atoms with van der Waals surface area (Å²) in [7, 11) is 0. The van der Waals surface area contributed by atoms with Crippen molar-refractivity contribution in [3.8, 4) is 6.07 Å². The molecule has 2 rings (SSSR count). The third-order valence-corrected chi connectivity index (χ3v) is 2.94. The van der Waals surface area contributed by atoms with Gasteiger partial charge in [-0.25, -0.2) is 4.39 Å². The maximum absolute atomic E-state index is 13.7. The van der Waals surface area contributed by atoms with E-state index in [0.717, 1.165) is 0 Å². The first kappa shape index (κ1) is 12.5. The molecule has 1 N–H and O–H groups in total. The SMILES string of the molecule is CC1CN(c2ccccc2F)C(=O)C(CC#N)N1. The summed E-state index contributed by atoms with van der Waals surface area (Å²) >= 11 is 0. The van der Waals surface area contributed by atoms with E-state index in [0.29, 0.717) is 6.54 Å². The van der Waals surface area contributed by atoms with Crippen LogP contribution in [0.5, 0.6) is 0 Å². The first-order valence-electron chi connectivity index (χ1n) is 5.82. The van der Waals surface area contributed by atoms with E-state index in [-0.39, 0.29) is 24.1 Å². The lowest BCUT2D eigenvalue weighted by Crippen LogP contribution is -2.59. The summed E-state index contributed by atoms with van der Waals surface area (Å²) in [5.74, 6) is -0.671. The molecule has 4 nitrogen and oxygen atoms in total. The summed E-state index contributed by atoms with van der Waals surface area (Å²) in [5.41, 5.74) is 0.277. The van der Waals surface area contributed by atoms with E-state index in [4.69, 9.17) is 5.26 Å². The maximum atomic E-state index is 13.7.